The number of amides is 1. The summed E-state index contributed by atoms with van der Waals surface area (Å²) >= 11 is 0. The van der Waals surface area contributed by atoms with Gasteiger partial charge in [-0.3, -0.25) is 9.10 Å². The van der Waals surface area contributed by atoms with Gasteiger partial charge in [0.2, 0.25) is 15.9 Å². The molecule has 3 rings (SSSR count). The predicted octanol–water partition coefficient (Wildman–Crippen LogP) is 3.23. The minimum Gasteiger partial charge on any atom is -0.497 e. The van der Waals surface area contributed by atoms with Crippen molar-refractivity contribution in [3.8, 4) is 11.5 Å². The fourth-order valence-corrected chi connectivity index (χ4v) is 4.75. The molecule has 1 atom stereocenters. The highest BCUT2D eigenvalue weighted by molar-refractivity contribution is 7.92. The molecule has 2 aromatic rings. The molecule has 1 N–H and O–H groups in total. The van der Waals surface area contributed by atoms with Crippen molar-refractivity contribution in [2.45, 2.75) is 38.6 Å². The summed E-state index contributed by atoms with van der Waals surface area (Å²) in [6.45, 7) is 1.54. The highest BCUT2D eigenvalue weighted by Crippen LogP contribution is 2.33. The monoisotopic (exact) mass is 446 g/mol. The second-order valence-corrected chi connectivity index (χ2v) is 9.74. The number of benzene rings is 2. The lowest BCUT2D eigenvalue weighted by Gasteiger charge is -2.25. The number of hydrogen-bond donors (Lipinski definition) is 1. The van der Waals surface area contributed by atoms with Crippen LogP contribution in [0.1, 0.15) is 42.5 Å². The minimum atomic E-state index is -3.75. The Morgan fingerprint density at radius 2 is 1.77 bits per heavy atom. The zero-order valence-electron chi connectivity index (χ0n) is 18.5. The van der Waals surface area contributed by atoms with E-state index in [-0.39, 0.29) is 18.3 Å². The van der Waals surface area contributed by atoms with Gasteiger partial charge in [-0.2, -0.15) is 0 Å². The maximum absolute atomic E-state index is 12.8. The Bertz CT molecular complexity index is 1050. The van der Waals surface area contributed by atoms with E-state index in [1.54, 1.807) is 18.2 Å². The van der Waals surface area contributed by atoms with E-state index < -0.39 is 15.9 Å². The Balaban J connectivity index is 1.79. The lowest BCUT2D eigenvalue weighted by Crippen LogP contribution is -2.41. The summed E-state index contributed by atoms with van der Waals surface area (Å²) in [5, 5.41) is 2.92. The summed E-state index contributed by atoms with van der Waals surface area (Å²) in [4.78, 5) is 12.8. The molecule has 7 nitrogen and oxygen atoms in total. The SMILES string of the molecule is COc1ccc(OC)c(N(CC(=O)N[C@H](C)c2ccc3c(c2)CCCC3)S(C)(=O)=O)c1. The fraction of sp³-hybridized carbons (Fsp3) is 0.435. The number of sulfonamides is 1. The highest BCUT2D eigenvalue weighted by atomic mass is 32.2. The molecule has 0 heterocycles. The van der Waals surface area contributed by atoms with E-state index in [4.69, 9.17) is 9.47 Å². The van der Waals surface area contributed by atoms with Crippen molar-refractivity contribution in [3.63, 3.8) is 0 Å². The molecule has 0 saturated heterocycles. The normalized spacial score (nSPS) is 14.3. The molecule has 0 aromatic heterocycles. The van der Waals surface area contributed by atoms with Gasteiger partial charge >= 0.3 is 0 Å². The first-order chi connectivity index (χ1) is 14.7. The molecule has 1 amide bonds. The van der Waals surface area contributed by atoms with E-state index in [0.29, 0.717) is 11.5 Å². The number of anilines is 1. The zero-order chi connectivity index (χ0) is 22.6. The van der Waals surface area contributed by atoms with Gasteiger partial charge in [-0.05, 0) is 61.4 Å². The molecule has 0 fully saturated rings. The van der Waals surface area contributed by atoms with E-state index in [1.165, 1.54) is 38.2 Å². The van der Waals surface area contributed by atoms with E-state index in [0.717, 1.165) is 29.0 Å². The van der Waals surface area contributed by atoms with Crippen LogP contribution in [0.15, 0.2) is 36.4 Å². The number of methoxy groups -OCH3 is 2. The number of aryl methyl sites for hydroxylation is 2. The van der Waals surface area contributed by atoms with E-state index in [1.807, 2.05) is 13.0 Å². The Labute approximate surface area is 184 Å². The molecule has 0 aliphatic heterocycles. The van der Waals surface area contributed by atoms with Gasteiger partial charge in [0, 0.05) is 6.07 Å². The second kappa shape index (κ2) is 9.60. The predicted molar refractivity (Wildman–Crippen MR) is 121 cm³/mol. The summed E-state index contributed by atoms with van der Waals surface area (Å²) in [7, 11) is -0.808. The lowest BCUT2D eigenvalue weighted by molar-refractivity contribution is -0.120. The van der Waals surface area contributed by atoms with Crippen LogP contribution in [0.5, 0.6) is 11.5 Å². The Hall–Kier alpha value is -2.74. The Morgan fingerprint density at radius 3 is 2.42 bits per heavy atom. The van der Waals surface area contributed by atoms with Gasteiger partial charge in [0.1, 0.15) is 18.0 Å². The summed E-state index contributed by atoms with van der Waals surface area (Å²) < 4.78 is 36.6. The second-order valence-electron chi connectivity index (χ2n) is 7.83. The van der Waals surface area contributed by atoms with Gasteiger partial charge in [-0.1, -0.05) is 18.2 Å². The van der Waals surface area contributed by atoms with Crippen molar-refractivity contribution >= 4 is 21.6 Å². The summed E-state index contributed by atoms with van der Waals surface area (Å²) in [5.41, 5.74) is 3.98. The fourth-order valence-electron chi connectivity index (χ4n) is 3.90. The number of nitrogens with one attached hydrogen (secondary N) is 1. The first-order valence-corrected chi connectivity index (χ1v) is 12.2. The summed E-state index contributed by atoms with van der Waals surface area (Å²) in [6, 6.07) is 10.9. The molecule has 168 valence electrons. The number of nitrogens with zero attached hydrogens (tertiary/aromatic N) is 1. The summed E-state index contributed by atoms with van der Waals surface area (Å²) in [5.74, 6) is 0.398. The number of ether oxygens (including phenoxy) is 2. The van der Waals surface area contributed by atoms with Crippen LogP contribution in [-0.2, 0) is 27.7 Å². The van der Waals surface area contributed by atoms with Crippen molar-refractivity contribution in [3.05, 3.63) is 53.1 Å². The molecular weight excluding hydrogens is 416 g/mol. The average Bonchev–Trinajstić information content (AvgIpc) is 2.75. The molecule has 31 heavy (non-hydrogen) atoms. The lowest BCUT2D eigenvalue weighted by atomic mass is 9.89. The van der Waals surface area contributed by atoms with Gasteiger partial charge < -0.3 is 14.8 Å². The number of carbonyl (C=O) groups is 1. The van der Waals surface area contributed by atoms with Crippen LogP contribution in [-0.4, -0.2) is 41.3 Å². The quantitative estimate of drug-likeness (QED) is 0.673. The Morgan fingerprint density at radius 1 is 1.06 bits per heavy atom. The molecule has 0 radical (unpaired) electrons. The van der Waals surface area contributed by atoms with E-state index >= 15 is 0 Å². The van der Waals surface area contributed by atoms with Gasteiger partial charge in [0.25, 0.3) is 0 Å². The van der Waals surface area contributed by atoms with Crippen molar-refractivity contribution in [1.29, 1.82) is 0 Å². The first kappa shape index (κ1) is 22.9. The highest BCUT2D eigenvalue weighted by Gasteiger charge is 2.25. The van der Waals surface area contributed by atoms with Gasteiger partial charge in [0.05, 0.1) is 32.2 Å². The first-order valence-electron chi connectivity index (χ1n) is 10.3. The maximum atomic E-state index is 12.8. The standard InChI is InChI=1S/C23H30N2O5S/c1-16(18-10-9-17-7-5-6-8-19(17)13-18)24-23(26)15-25(31(4,27)28)21-14-20(29-2)11-12-22(21)30-3/h9-14,16H,5-8,15H2,1-4H3,(H,24,26)/t16-/m1/s1. The molecule has 0 bridgehead atoms. The van der Waals surface area contributed by atoms with Crippen molar-refractivity contribution < 1.29 is 22.7 Å². The average molecular weight is 447 g/mol. The molecule has 0 unspecified atom stereocenters. The van der Waals surface area contributed by atoms with Crippen molar-refractivity contribution in [2.75, 3.05) is 31.3 Å². The topological polar surface area (TPSA) is 84.9 Å². The van der Waals surface area contributed by atoms with Gasteiger partial charge in [0.15, 0.2) is 0 Å². The third-order valence-electron chi connectivity index (χ3n) is 5.59. The Kier molecular flexibility index (Phi) is 7.10. The van der Waals surface area contributed by atoms with Gasteiger partial charge in [-0.15, -0.1) is 0 Å². The zero-order valence-corrected chi connectivity index (χ0v) is 19.3. The maximum Gasteiger partial charge on any atom is 0.241 e. The van der Waals surface area contributed by atoms with Crippen molar-refractivity contribution in [2.24, 2.45) is 0 Å². The molecule has 2 aromatic carbocycles. The van der Waals surface area contributed by atoms with Crippen LogP contribution in [0.25, 0.3) is 0 Å². The number of fused-ring (bicyclic) bond motifs is 1. The summed E-state index contributed by atoms with van der Waals surface area (Å²) in [6.07, 6.45) is 5.62. The minimum absolute atomic E-state index is 0.242. The third kappa shape index (κ3) is 5.50. The molecule has 1 aliphatic carbocycles. The molecule has 8 heteroatoms. The van der Waals surface area contributed by atoms with E-state index in [2.05, 4.69) is 17.4 Å². The van der Waals surface area contributed by atoms with Crippen LogP contribution in [0.2, 0.25) is 0 Å². The molecule has 0 saturated carbocycles. The van der Waals surface area contributed by atoms with Crippen LogP contribution >= 0.6 is 0 Å². The number of rotatable bonds is 8. The molecule has 0 spiro atoms. The van der Waals surface area contributed by atoms with Crippen LogP contribution in [0, 0.1) is 0 Å². The smallest absolute Gasteiger partial charge is 0.241 e. The van der Waals surface area contributed by atoms with Crippen LogP contribution in [0.3, 0.4) is 0 Å². The van der Waals surface area contributed by atoms with Gasteiger partial charge in [-0.25, -0.2) is 8.42 Å². The molecule has 1 aliphatic rings. The third-order valence-corrected chi connectivity index (χ3v) is 6.72. The van der Waals surface area contributed by atoms with Crippen LogP contribution in [0.4, 0.5) is 5.69 Å². The van der Waals surface area contributed by atoms with Crippen LogP contribution < -0.4 is 19.1 Å². The molecular formula is C23H30N2O5S. The largest absolute Gasteiger partial charge is 0.497 e. The van der Waals surface area contributed by atoms with Crippen molar-refractivity contribution in [1.82, 2.24) is 5.32 Å². The number of carbonyl (C=O) groups excluding carboxylic acids is 1. The number of hydrogen-bond acceptors (Lipinski definition) is 5. The van der Waals surface area contributed by atoms with E-state index in [9.17, 15) is 13.2 Å².